The van der Waals surface area contributed by atoms with Crippen LogP contribution in [0, 0.1) is 5.92 Å². The lowest BCUT2D eigenvalue weighted by Crippen LogP contribution is -2.61. The zero-order valence-electron chi connectivity index (χ0n) is 12.7. The Morgan fingerprint density at radius 1 is 1.10 bits per heavy atom. The fourth-order valence-corrected chi connectivity index (χ4v) is 3.56. The van der Waals surface area contributed by atoms with Gasteiger partial charge in [0.05, 0.1) is 6.54 Å². The molecule has 0 aromatic carbocycles. The highest BCUT2D eigenvalue weighted by atomic mass is 16.2. The van der Waals surface area contributed by atoms with Crippen molar-refractivity contribution in [2.24, 2.45) is 5.92 Å². The van der Waals surface area contributed by atoms with Gasteiger partial charge in [0.15, 0.2) is 0 Å². The van der Waals surface area contributed by atoms with Crippen LogP contribution in [0.1, 0.15) is 64.7 Å². The first-order valence-corrected chi connectivity index (χ1v) is 8.31. The summed E-state index contributed by atoms with van der Waals surface area (Å²) in [5, 5.41) is 2.78. The maximum absolute atomic E-state index is 12.2. The van der Waals surface area contributed by atoms with Crippen LogP contribution >= 0.6 is 0 Å². The first kappa shape index (κ1) is 15.3. The Hall–Kier alpha value is -1.06. The summed E-state index contributed by atoms with van der Waals surface area (Å²) in [6, 6.07) is -0.196. The molecule has 2 amide bonds. The quantitative estimate of drug-likeness (QED) is 0.760. The Kier molecular flexibility index (Phi) is 5.86. The molecule has 2 aliphatic rings. The minimum Gasteiger partial charge on any atom is -0.345 e. The number of unbranched alkanes of at least 4 members (excludes halogenated alkanes) is 3. The fourth-order valence-electron chi connectivity index (χ4n) is 3.56. The van der Waals surface area contributed by atoms with E-state index in [1.54, 1.807) is 0 Å². The van der Waals surface area contributed by atoms with Crippen molar-refractivity contribution in [1.29, 1.82) is 0 Å². The van der Waals surface area contributed by atoms with E-state index in [0.717, 1.165) is 32.2 Å². The van der Waals surface area contributed by atoms with Gasteiger partial charge in [0.1, 0.15) is 6.04 Å². The zero-order valence-corrected chi connectivity index (χ0v) is 12.7. The van der Waals surface area contributed by atoms with Gasteiger partial charge in [-0.3, -0.25) is 9.59 Å². The minimum atomic E-state index is -0.196. The number of nitrogens with one attached hydrogen (secondary N) is 1. The molecule has 4 heteroatoms. The average molecular weight is 280 g/mol. The van der Waals surface area contributed by atoms with Gasteiger partial charge in [0, 0.05) is 6.54 Å². The summed E-state index contributed by atoms with van der Waals surface area (Å²) in [6.45, 7) is 3.13. The highest BCUT2D eigenvalue weighted by molar-refractivity contribution is 5.95. The molecule has 1 aliphatic heterocycles. The van der Waals surface area contributed by atoms with Crippen molar-refractivity contribution in [3.8, 4) is 0 Å². The molecule has 0 bridgehead atoms. The van der Waals surface area contributed by atoms with E-state index in [2.05, 4.69) is 12.2 Å². The molecular weight excluding hydrogens is 252 g/mol. The molecule has 1 saturated carbocycles. The van der Waals surface area contributed by atoms with Crippen molar-refractivity contribution in [2.45, 2.75) is 70.8 Å². The summed E-state index contributed by atoms with van der Waals surface area (Å²) >= 11 is 0. The van der Waals surface area contributed by atoms with E-state index in [-0.39, 0.29) is 24.4 Å². The first-order valence-electron chi connectivity index (χ1n) is 8.31. The monoisotopic (exact) mass is 280 g/mol. The molecule has 1 unspecified atom stereocenters. The van der Waals surface area contributed by atoms with Gasteiger partial charge in [0.2, 0.25) is 11.8 Å². The van der Waals surface area contributed by atoms with Crippen LogP contribution in [0.2, 0.25) is 0 Å². The molecule has 2 rings (SSSR count). The molecule has 1 N–H and O–H groups in total. The predicted molar refractivity (Wildman–Crippen MR) is 79.2 cm³/mol. The van der Waals surface area contributed by atoms with Crippen molar-refractivity contribution in [3.63, 3.8) is 0 Å². The lowest BCUT2D eigenvalue weighted by molar-refractivity contribution is -0.148. The van der Waals surface area contributed by atoms with Gasteiger partial charge >= 0.3 is 0 Å². The number of rotatable bonds is 6. The third-order valence-corrected chi connectivity index (χ3v) is 4.69. The number of hydrogen-bond acceptors (Lipinski definition) is 2. The number of nitrogens with zero attached hydrogens (tertiary/aromatic N) is 1. The highest BCUT2D eigenvalue weighted by Gasteiger charge is 2.39. The molecule has 2 fully saturated rings. The molecule has 0 aromatic heterocycles. The molecule has 1 aliphatic carbocycles. The van der Waals surface area contributed by atoms with E-state index in [9.17, 15) is 9.59 Å². The molecule has 20 heavy (non-hydrogen) atoms. The molecule has 1 saturated heterocycles. The van der Waals surface area contributed by atoms with Crippen LogP contribution in [0.25, 0.3) is 0 Å². The zero-order chi connectivity index (χ0) is 14.4. The van der Waals surface area contributed by atoms with Gasteiger partial charge in [-0.05, 0) is 25.2 Å². The molecule has 4 nitrogen and oxygen atoms in total. The summed E-state index contributed by atoms with van der Waals surface area (Å²) in [4.78, 5) is 26.3. The normalized spacial score (nSPS) is 24.9. The fraction of sp³-hybridized carbons (Fsp3) is 0.875. The topological polar surface area (TPSA) is 49.4 Å². The Bertz CT molecular complexity index is 337. The molecule has 0 aromatic rings. The van der Waals surface area contributed by atoms with E-state index in [4.69, 9.17) is 0 Å². The predicted octanol–water partition coefficient (Wildman–Crippen LogP) is 2.47. The third-order valence-electron chi connectivity index (χ3n) is 4.69. The van der Waals surface area contributed by atoms with Crippen LogP contribution in [-0.4, -0.2) is 35.8 Å². The lowest BCUT2D eigenvalue weighted by atomic mass is 9.82. The molecule has 0 radical (unpaired) electrons. The number of piperazine rings is 1. The van der Waals surface area contributed by atoms with Crippen LogP contribution in [0.5, 0.6) is 0 Å². The van der Waals surface area contributed by atoms with Crippen LogP contribution in [-0.2, 0) is 9.59 Å². The van der Waals surface area contributed by atoms with Crippen molar-refractivity contribution in [3.05, 3.63) is 0 Å². The van der Waals surface area contributed by atoms with Gasteiger partial charge < -0.3 is 10.2 Å². The summed E-state index contributed by atoms with van der Waals surface area (Å²) in [5.74, 6) is 0.558. The number of amides is 2. The SMILES string of the molecule is CCCCCCN1C(=O)CNC(=O)C1C1CCCCC1. The number of carbonyl (C=O) groups excluding carboxylic acids is 2. The molecule has 0 spiro atoms. The molecule has 1 atom stereocenters. The smallest absolute Gasteiger partial charge is 0.243 e. The Morgan fingerprint density at radius 3 is 2.55 bits per heavy atom. The van der Waals surface area contributed by atoms with Crippen molar-refractivity contribution in [2.75, 3.05) is 13.1 Å². The summed E-state index contributed by atoms with van der Waals surface area (Å²) in [7, 11) is 0. The van der Waals surface area contributed by atoms with E-state index < -0.39 is 0 Å². The van der Waals surface area contributed by atoms with Gasteiger partial charge in [-0.25, -0.2) is 0 Å². The van der Waals surface area contributed by atoms with E-state index in [0.29, 0.717) is 5.92 Å². The maximum atomic E-state index is 12.2. The first-order chi connectivity index (χ1) is 9.74. The number of hydrogen-bond donors (Lipinski definition) is 1. The van der Waals surface area contributed by atoms with Crippen molar-refractivity contribution >= 4 is 11.8 Å². The molecule has 1 heterocycles. The van der Waals surface area contributed by atoms with E-state index >= 15 is 0 Å². The Morgan fingerprint density at radius 2 is 1.85 bits per heavy atom. The Labute approximate surface area is 122 Å². The summed E-state index contributed by atoms with van der Waals surface area (Å²) in [6.07, 6.45) is 10.4. The molecule has 114 valence electrons. The third kappa shape index (κ3) is 3.74. The van der Waals surface area contributed by atoms with Crippen LogP contribution in [0.15, 0.2) is 0 Å². The van der Waals surface area contributed by atoms with Crippen molar-refractivity contribution < 1.29 is 9.59 Å². The highest BCUT2D eigenvalue weighted by Crippen LogP contribution is 2.30. The second-order valence-corrected chi connectivity index (χ2v) is 6.21. The van der Waals surface area contributed by atoms with E-state index in [1.165, 1.54) is 32.1 Å². The van der Waals surface area contributed by atoms with Gasteiger partial charge in [-0.1, -0.05) is 45.4 Å². The summed E-state index contributed by atoms with van der Waals surface area (Å²) in [5.41, 5.74) is 0. The van der Waals surface area contributed by atoms with Gasteiger partial charge in [0.25, 0.3) is 0 Å². The standard InChI is InChI=1S/C16H28N2O2/c1-2-3-4-8-11-18-14(19)12-17-16(20)15(18)13-9-6-5-7-10-13/h13,15H,2-12H2,1H3,(H,17,20). The minimum absolute atomic E-state index is 0.0759. The average Bonchev–Trinajstić information content (AvgIpc) is 2.48. The van der Waals surface area contributed by atoms with Crippen LogP contribution in [0.3, 0.4) is 0 Å². The Balaban J connectivity index is 1.98. The van der Waals surface area contributed by atoms with Crippen molar-refractivity contribution in [1.82, 2.24) is 10.2 Å². The molecular formula is C16H28N2O2. The van der Waals surface area contributed by atoms with Crippen LogP contribution < -0.4 is 5.32 Å². The van der Waals surface area contributed by atoms with Crippen LogP contribution in [0.4, 0.5) is 0 Å². The summed E-state index contributed by atoms with van der Waals surface area (Å²) < 4.78 is 0. The number of carbonyl (C=O) groups is 2. The second kappa shape index (κ2) is 7.65. The maximum Gasteiger partial charge on any atom is 0.243 e. The van der Waals surface area contributed by atoms with Gasteiger partial charge in [-0.15, -0.1) is 0 Å². The lowest BCUT2D eigenvalue weighted by Gasteiger charge is -2.40. The second-order valence-electron chi connectivity index (χ2n) is 6.21. The van der Waals surface area contributed by atoms with Gasteiger partial charge in [-0.2, -0.15) is 0 Å². The largest absolute Gasteiger partial charge is 0.345 e. The van der Waals surface area contributed by atoms with E-state index in [1.807, 2.05) is 4.90 Å².